The van der Waals surface area contributed by atoms with Crippen molar-refractivity contribution in [2.75, 3.05) is 6.61 Å². The second kappa shape index (κ2) is 12.0. The lowest BCUT2D eigenvalue weighted by Gasteiger charge is -2.29. The predicted octanol–water partition coefficient (Wildman–Crippen LogP) is 6.32. The van der Waals surface area contributed by atoms with Gasteiger partial charge in [0.25, 0.3) is 0 Å². The third-order valence-electron chi connectivity index (χ3n) is 5.26. The van der Waals surface area contributed by atoms with Gasteiger partial charge in [-0.05, 0) is 60.7 Å². The Morgan fingerprint density at radius 1 is 1.06 bits per heavy atom. The van der Waals surface area contributed by atoms with Crippen LogP contribution in [-0.2, 0) is 16.0 Å². The Balaban J connectivity index is 1.52. The Morgan fingerprint density at radius 2 is 1.79 bits per heavy atom. The molecule has 0 saturated heterocycles. The first-order valence-corrected chi connectivity index (χ1v) is 12.0. The van der Waals surface area contributed by atoms with Gasteiger partial charge in [-0.25, -0.2) is 4.79 Å². The second-order valence-electron chi connectivity index (χ2n) is 7.75. The van der Waals surface area contributed by atoms with E-state index in [4.69, 9.17) is 19.6 Å². The smallest absolute Gasteiger partial charge is 0.348 e. The average Bonchev–Trinajstić information content (AvgIpc) is 3.38. The Hall–Kier alpha value is -3.58. The zero-order chi connectivity index (χ0) is 24.4. The molecule has 2 N–H and O–H groups in total. The summed E-state index contributed by atoms with van der Waals surface area (Å²) in [7, 11) is 0. The lowest BCUT2D eigenvalue weighted by Crippen LogP contribution is -2.46. The fourth-order valence-electron chi connectivity index (χ4n) is 3.35. The van der Waals surface area contributed by atoms with Gasteiger partial charge in [0.15, 0.2) is 0 Å². The molecule has 0 radical (unpaired) electrons. The van der Waals surface area contributed by atoms with Gasteiger partial charge in [0.1, 0.15) is 11.5 Å². The van der Waals surface area contributed by atoms with E-state index in [1.807, 2.05) is 79.9 Å². The minimum atomic E-state index is -1.34. The number of benzene rings is 2. The highest BCUT2D eigenvalue weighted by Crippen LogP contribution is 2.27. The van der Waals surface area contributed by atoms with Crippen molar-refractivity contribution in [2.24, 2.45) is 0 Å². The van der Waals surface area contributed by atoms with Crippen LogP contribution >= 0.6 is 11.3 Å². The number of para-hydroxylation sites is 1. The Morgan fingerprint density at radius 3 is 2.41 bits per heavy atom. The van der Waals surface area contributed by atoms with Crippen molar-refractivity contribution < 1.29 is 24.1 Å². The normalized spacial score (nSPS) is 13.1. The number of aliphatic carboxylic acids is 1. The number of hydrogen-bond donors (Lipinski definition) is 2. The molecule has 6 nitrogen and oxygen atoms in total. The lowest BCUT2D eigenvalue weighted by molar-refractivity contribution is -0.155. The summed E-state index contributed by atoms with van der Waals surface area (Å²) in [6.45, 7) is 4.09. The predicted molar refractivity (Wildman–Crippen MR) is 134 cm³/mol. The first-order chi connectivity index (χ1) is 16.4. The zero-order valence-electron chi connectivity index (χ0n) is 19.3. The van der Waals surface area contributed by atoms with Gasteiger partial charge >= 0.3 is 5.97 Å². The molecule has 2 aromatic carbocycles. The van der Waals surface area contributed by atoms with Crippen LogP contribution in [0.2, 0.25) is 0 Å². The van der Waals surface area contributed by atoms with Gasteiger partial charge < -0.3 is 19.3 Å². The molecule has 0 spiro atoms. The van der Waals surface area contributed by atoms with Crippen molar-refractivity contribution in [1.82, 2.24) is 0 Å². The number of thiophene rings is 1. The van der Waals surface area contributed by atoms with E-state index in [0.717, 1.165) is 10.4 Å². The van der Waals surface area contributed by atoms with E-state index in [9.17, 15) is 9.90 Å². The summed E-state index contributed by atoms with van der Waals surface area (Å²) in [6.07, 6.45) is 3.09. The molecule has 0 aliphatic heterocycles. The fourth-order valence-corrected chi connectivity index (χ4v) is 3.96. The third kappa shape index (κ3) is 6.96. The van der Waals surface area contributed by atoms with Crippen molar-refractivity contribution in [3.05, 3.63) is 94.4 Å². The molecule has 0 amide bonds. The largest absolute Gasteiger partial charge is 0.493 e. The number of hydrogen-bond acceptors (Lipinski definition) is 6. The van der Waals surface area contributed by atoms with Gasteiger partial charge in [-0.15, -0.1) is 11.3 Å². The van der Waals surface area contributed by atoms with E-state index < -0.39 is 11.6 Å². The number of nitrogens with one attached hydrogen (secondary N) is 1. The van der Waals surface area contributed by atoms with E-state index in [0.29, 0.717) is 36.7 Å². The molecule has 0 aliphatic carbocycles. The minimum absolute atomic E-state index is 0.140. The molecule has 7 heteroatoms. The molecule has 178 valence electrons. The van der Waals surface area contributed by atoms with Crippen molar-refractivity contribution in [1.29, 1.82) is 5.41 Å². The van der Waals surface area contributed by atoms with E-state index in [1.54, 1.807) is 12.1 Å². The molecule has 0 fully saturated rings. The molecule has 0 saturated carbocycles. The van der Waals surface area contributed by atoms with Crippen LogP contribution in [0, 0.1) is 5.41 Å². The maximum atomic E-state index is 12.1. The van der Waals surface area contributed by atoms with Crippen LogP contribution in [0.3, 0.4) is 0 Å². The molecule has 1 aromatic heterocycles. The monoisotopic (exact) mass is 479 g/mol. The lowest BCUT2D eigenvalue weighted by atomic mass is 9.91. The number of allylic oxidation sites excluding steroid dienone is 1. The molecule has 0 bridgehead atoms. The molecule has 3 aromatic rings. The molecule has 34 heavy (non-hydrogen) atoms. The van der Waals surface area contributed by atoms with Crippen LogP contribution in [0.15, 0.2) is 83.9 Å². The minimum Gasteiger partial charge on any atom is -0.493 e. The highest BCUT2D eigenvalue weighted by Gasteiger charge is 2.39. The van der Waals surface area contributed by atoms with Crippen LogP contribution < -0.4 is 9.47 Å². The summed E-state index contributed by atoms with van der Waals surface area (Å²) in [4.78, 5) is 12.9. The number of carboxylic acids is 1. The van der Waals surface area contributed by atoms with Crippen molar-refractivity contribution in [3.63, 3.8) is 0 Å². The molecule has 3 rings (SSSR count). The maximum absolute atomic E-state index is 12.1. The number of carboxylic acid groups (broad SMARTS) is 1. The molecular formula is C27H29NO5S. The molecule has 1 heterocycles. The summed E-state index contributed by atoms with van der Waals surface area (Å²) in [5.74, 6) is 1.03. The average molecular weight is 480 g/mol. The topological polar surface area (TPSA) is 88.8 Å². The quantitative estimate of drug-likeness (QED) is 0.137. The molecular weight excluding hydrogens is 450 g/mol. The van der Waals surface area contributed by atoms with E-state index in [1.165, 1.54) is 11.3 Å². The summed E-state index contributed by atoms with van der Waals surface area (Å²) in [5, 5.41) is 19.8. The van der Waals surface area contributed by atoms with Gasteiger partial charge in [-0.2, -0.15) is 0 Å². The van der Waals surface area contributed by atoms with Crippen molar-refractivity contribution >= 4 is 23.2 Å². The van der Waals surface area contributed by atoms with Gasteiger partial charge in [0, 0.05) is 12.8 Å². The van der Waals surface area contributed by atoms with Gasteiger partial charge in [0.05, 0.1) is 17.2 Å². The number of rotatable bonds is 12. The Kier molecular flexibility index (Phi) is 8.87. The number of ether oxygens (including phenoxy) is 3. The molecule has 0 aliphatic rings. The van der Waals surface area contributed by atoms with Gasteiger partial charge in [0.2, 0.25) is 11.5 Å². The SMILES string of the molecule is CCC(Cc1ccc(OCC/C=C(\C)OC(=N)c2cccs2)cc1)(Oc1ccccc1)C(=O)O. The Labute approximate surface area is 203 Å². The van der Waals surface area contributed by atoms with Crippen molar-refractivity contribution in [2.45, 2.75) is 38.7 Å². The van der Waals surface area contributed by atoms with Gasteiger partial charge in [-0.1, -0.05) is 43.3 Å². The fraction of sp³-hybridized carbons (Fsp3) is 0.259. The number of carbonyl (C=O) groups is 1. The third-order valence-corrected chi connectivity index (χ3v) is 6.13. The maximum Gasteiger partial charge on any atom is 0.348 e. The Bertz CT molecular complexity index is 1090. The van der Waals surface area contributed by atoms with E-state index in [2.05, 4.69) is 0 Å². The molecule has 1 unspecified atom stereocenters. The standard InChI is InChI=1S/C27H29NO5S/c1-3-27(26(29)30,33-23-10-5-4-6-11-23)19-21-13-15-22(16-14-21)31-17-7-9-20(2)32-25(28)24-12-8-18-34-24/h4-6,8-16,18,28H,3,7,17,19H2,1-2H3,(H,29,30)/b20-9+,28-25?. The first kappa shape index (κ1) is 25.1. The highest BCUT2D eigenvalue weighted by molar-refractivity contribution is 7.12. The van der Waals surface area contributed by atoms with Crippen LogP contribution in [0.5, 0.6) is 11.5 Å². The summed E-state index contributed by atoms with van der Waals surface area (Å²) < 4.78 is 17.2. The van der Waals surface area contributed by atoms with Crippen LogP contribution in [0.4, 0.5) is 0 Å². The van der Waals surface area contributed by atoms with Crippen molar-refractivity contribution in [3.8, 4) is 11.5 Å². The first-order valence-electron chi connectivity index (χ1n) is 11.1. The second-order valence-corrected chi connectivity index (χ2v) is 8.70. The zero-order valence-corrected chi connectivity index (χ0v) is 20.1. The summed E-state index contributed by atoms with van der Waals surface area (Å²) >= 11 is 1.46. The van der Waals surface area contributed by atoms with Crippen LogP contribution in [0.25, 0.3) is 0 Å². The summed E-state index contributed by atoms with van der Waals surface area (Å²) in [5.41, 5.74) is -0.494. The highest BCUT2D eigenvalue weighted by atomic mass is 32.1. The van der Waals surface area contributed by atoms with E-state index in [-0.39, 0.29) is 12.3 Å². The van der Waals surface area contributed by atoms with Gasteiger partial charge in [-0.3, -0.25) is 5.41 Å². The van der Waals surface area contributed by atoms with E-state index >= 15 is 0 Å². The summed E-state index contributed by atoms with van der Waals surface area (Å²) in [6, 6.07) is 20.2. The molecule has 1 atom stereocenters. The van der Waals surface area contributed by atoms with Crippen LogP contribution in [-0.4, -0.2) is 29.2 Å². The van der Waals surface area contributed by atoms with Crippen LogP contribution in [0.1, 0.15) is 37.1 Å².